The fraction of sp³-hybridized carbons (Fsp3) is 0.357. The van der Waals surface area contributed by atoms with Crippen molar-refractivity contribution in [3.05, 3.63) is 40.1 Å². The Morgan fingerprint density at radius 2 is 2.11 bits per heavy atom. The molecule has 0 spiro atoms. The second kappa shape index (κ2) is 4.86. The van der Waals surface area contributed by atoms with Gasteiger partial charge in [0.2, 0.25) is 0 Å². The minimum Gasteiger partial charge on any atom is -0.325 e. The molecule has 2 N–H and O–H groups in total. The molecule has 3 rings (SSSR count). The lowest BCUT2D eigenvalue weighted by Gasteiger charge is -2.15. The highest BCUT2D eigenvalue weighted by Crippen LogP contribution is 2.35. The van der Waals surface area contributed by atoms with E-state index < -0.39 is 0 Å². The number of fused-ring (bicyclic) bond motifs is 1. The molecule has 0 unspecified atom stereocenters. The Labute approximate surface area is 115 Å². The molecule has 1 aromatic heterocycles. The Morgan fingerprint density at radius 1 is 1.28 bits per heavy atom. The van der Waals surface area contributed by atoms with Gasteiger partial charge in [0.05, 0.1) is 5.69 Å². The smallest absolute Gasteiger partial charge is 0.0841 e. The van der Waals surface area contributed by atoms with Crippen molar-refractivity contribution >= 4 is 15.9 Å². The molecule has 0 fully saturated rings. The first-order valence-corrected chi connectivity index (χ1v) is 7.14. The van der Waals surface area contributed by atoms with Crippen LogP contribution in [0.5, 0.6) is 0 Å². The van der Waals surface area contributed by atoms with E-state index in [1.54, 1.807) is 0 Å². The molecule has 0 bridgehead atoms. The van der Waals surface area contributed by atoms with E-state index in [2.05, 4.69) is 43.9 Å². The van der Waals surface area contributed by atoms with Crippen LogP contribution in [0.25, 0.3) is 11.1 Å². The van der Waals surface area contributed by atoms with Crippen LogP contribution in [0.1, 0.15) is 24.2 Å². The number of nitrogens with zero attached hydrogens (tertiary/aromatic N) is 2. The number of nitrogens with two attached hydrogens (primary N) is 1. The number of hydrogen-bond acceptors (Lipinski definition) is 2. The van der Waals surface area contributed by atoms with Crippen LogP contribution < -0.4 is 5.73 Å². The number of benzene rings is 1. The molecule has 1 aliphatic rings. The minimum absolute atomic E-state index is 0.497. The fourth-order valence-electron chi connectivity index (χ4n) is 2.66. The first-order chi connectivity index (χ1) is 8.81. The summed E-state index contributed by atoms with van der Waals surface area (Å²) in [5.41, 5.74) is 10.7. The van der Waals surface area contributed by atoms with Crippen molar-refractivity contribution in [3.8, 4) is 11.1 Å². The first-order valence-electron chi connectivity index (χ1n) is 6.35. The lowest BCUT2D eigenvalue weighted by Crippen LogP contribution is -2.11. The number of hydrogen-bond donors (Lipinski definition) is 1. The van der Waals surface area contributed by atoms with Crippen LogP contribution in [0.15, 0.2) is 28.7 Å². The Bertz CT molecular complexity index is 574. The highest BCUT2D eigenvalue weighted by atomic mass is 79.9. The Balaban J connectivity index is 2.21. The van der Waals surface area contributed by atoms with Gasteiger partial charge >= 0.3 is 0 Å². The van der Waals surface area contributed by atoms with Gasteiger partial charge in [0, 0.05) is 28.8 Å². The topological polar surface area (TPSA) is 43.8 Å². The van der Waals surface area contributed by atoms with E-state index >= 15 is 0 Å². The largest absolute Gasteiger partial charge is 0.325 e. The quantitative estimate of drug-likeness (QED) is 0.926. The van der Waals surface area contributed by atoms with Gasteiger partial charge in [-0.1, -0.05) is 34.1 Å². The van der Waals surface area contributed by atoms with E-state index in [-0.39, 0.29) is 0 Å². The Morgan fingerprint density at radius 3 is 2.89 bits per heavy atom. The molecule has 2 heterocycles. The SMILES string of the molecule is NCc1nn2c(c1-c1ccccc1Br)CCCC2. The molecule has 3 nitrogen and oxygen atoms in total. The standard InChI is InChI=1S/C14H16BrN3/c15-11-6-2-1-5-10(11)14-12(9-16)17-18-8-4-3-7-13(14)18/h1-2,5-6H,3-4,7-9,16H2. The fourth-order valence-corrected chi connectivity index (χ4v) is 3.15. The van der Waals surface area contributed by atoms with E-state index in [1.165, 1.54) is 29.7 Å². The summed E-state index contributed by atoms with van der Waals surface area (Å²) in [6.07, 6.45) is 3.56. The third-order valence-electron chi connectivity index (χ3n) is 3.50. The molecule has 0 radical (unpaired) electrons. The number of aryl methyl sites for hydroxylation is 1. The van der Waals surface area contributed by atoms with Gasteiger partial charge in [-0.3, -0.25) is 4.68 Å². The Hall–Kier alpha value is -1.13. The molecule has 1 aromatic carbocycles. The number of rotatable bonds is 2. The Kier molecular flexibility index (Phi) is 3.22. The maximum Gasteiger partial charge on any atom is 0.0841 e. The summed E-state index contributed by atoms with van der Waals surface area (Å²) in [4.78, 5) is 0. The zero-order valence-electron chi connectivity index (χ0n) is 10.2. The molecule has 94 valence electrons. The maximum atomic E-state index is 5.86. The highest BCUT2D eigenvalue weighted by Gasteiger charge is 2.21. The van der Waals surface area contributed by atoms with Crippen LogP contribution in [-0.2, 0) is 19.5 Å². The zero-order valence-corrected chi connectivity index (χ0v) is 11.8. The molecule has 1 aliphatic heterocycles. The van der Waals surface area contributed by atoms with Crippen molar-refractivity contribution in [2.75, 3.05) is 0 Å². The second-order valence-corrected chi connectivity index (χ2v) is 5.49. The van der Waals surface area contributed by atoms with Crippen LogP contribution >= 0.6 is 15.9 Å². The van der Waals surface area contributed by atoms with Crippen LogP contribution in [0.2, 0.25) is 0 Å². The van der Waals surface area contributed by atoms with Gasteiger partial charge in [-0.15, -0.1) is 0 Å². The summed E-state index contributed by atoms with van der Waals surface area (Å²) in [6.45, 7) is 1.52. The van der Waals surface area contributed by atoms with Crippen molar-refractivity contribution in [2.24, 2.45) is 5.73 Å². The minimum atomic E-state index is 0.497. The number of halogens is 1. The maximum absolute atomic E-state index is 5.86. The van der Waals surface area contributed by atoms with Crippen LogP contribution in [0.3, 0.4) is 0 Å². The summed E-state index contributed by atoms with van der Waals surface area (Å²) in [6, 6.07) is 8.30. The van der Waals surface area contributed by atoms with Gasteiger partial charge in [-0.05, 0) is 30.9 Å². The third kappa shape index (κ3) is 1.89. The predicted molar refractivity (Wildman–Crippen MR) is 76.2 cm³/mol. The molecule has 0 saturated carbocycles. The second-order valence-electron chi connectivity index (χ2n) is 4.63. The highest BCUT2D eigenvalue weighted by molar-refractivity contribution is 9.10. The van der Waals surface area contributed by atoms with Gasteiger partial charge < -0.3 is 5.73 Å². The molecule has 18 heavy (non-hydrogen) atoms. The summed E-state index contributed by atoms with van der Waals surface area (Å²) >= 11 is 3.63. The predicted octanol–water partition coefficient (Wildman–Crippen LogP) is 3.11. The third-order valence-corrected chi connectivity index (χ3v) is 4.19. The zero-order chi connectivity index (χ0) is 12.5. The average molecular weight is 306 g/mol. The molecule has 0 saturated heterocycles. The summed E-state index contributed by atoms with van der Waals surface area (Å²) in [5.74, 6) is 0. The van der Waals surface area contributed by atoms with Gasteiger partial charge in [0.25, 0.3) is 0 Å². The average Bonchev–Trinajstić information content (AvgIpc) is 2.78. The van der Waals surface area contributed by atoms with E-state index in [4.69, 9.17) is 5.73 Å². The first kappa shape index (κ1) is 11.9. The summed E-state index contributed by atoms with van der Waals surface area (Å²) in [7, 11) is 0. The molecule has 4 heteroatoms. The van der Waals surface area contributed by atoms with Crippen molar-refractivity contribution in [1.29, 1.82) is 0 Å². The molecular weight excluding hydrogens is 290 g/mol. The molecule has 0 amide bonds. The van der Waals surface area contributed by atoms with Crippen molar-refractivity contribution < 1.29 is 0 Å². The van der Waals surface area contributed by atoms with Crippen molar-refractivity contribution in [3.63, 3.8) is 0 Å². The molecular formula is C14H16BrN3. The normalized spacial score (nSPS) is 14.6. The molecule has 0 atom stereocenters. The lowest BCUT2D eigenvalue weighted by molar-refractivity contribution is 0.484. The van der Waals surface area contributed by atoms with E-state index in [0.29, 0.717) is 6.54 Å². The summed E-state index contributed by atoms with van der Waals surface area (Å²) in [5, 5.41) is 4.66. The van der Waals surface area contributed by atoms with Gasteiger partial charge in [0.15, 0.2) is 0 Å². The number of aromatic nitrogens is 2. The van der Waals surface area contributed by atoms with Gasteiger partial charge in [0.1, 0.15) is 0 Å². The van der Waals surface area contributed by atoms with Crippen LogP contribution in [0, 0.1) is 0 Å². The van der Waals surface area contributed by atoms with E-state index in [0.717, 1.165) is 23.1 Å². The van der Waals surface area contributed by atoms with Gasteiger partial charge in [-0.2, -0.15) is 5.10 Å². The molecule has 2 aromatic rings. The van der Waals surface area contributed by atoms with Crippen molar-refractivity contribution in [1.82, 2.24) is 9.78 Å². The lowest BCUT2D eigenvalue weighted by atomic mass is 9.98. The van der Waals surface area contributed by atoms with Gasteiger partial charge in [-0.25, -0.2) is 0 Å². The van der Waals surface area contributed by atoms with E-state index in [9.17, 15) is 0 Å². The van der Waals surface area contributed by atoms with Crippen molar-refractivity contribution in [2.45, 2.75) is 32.4 Å². The van der Waals surface area contributed by atoms with Crippen LogP contribution in [-0.4, -0.2) is 9.78 Å². The monoisotopic (exact) mass is 305 g/mol. The van der Waals surface area contributed by atoms with E-state index in [1.807, 2.05) is 6.07 Å². The summed E-state index contributed by atoms with van der Waals surface area (Å²) < 4.78 is 3.25. The van der Waals surface area contributed by atoms with Crippen LogP contribution in [0.4, 0.5) is 0 Å². The molecule has 0 aliphatic carbocycles.